The van der Waals surface area contributed by atoms with Crippen molar-refractivity contribution in [3.8, 4) is 0 Å². The molecule has 1 heterocycles. The van der Waals surface area contributed by atoms with Crippen LogP contribution in [0.5, 0.6) is 0 Å². The Balaban J connectivity index is 2.67. The minimum absolute atomic E-state index is 0.141. The molecule has 1 atom stereocenters. The van der Waals surface area contributed by atoms with Gasteiger partial charge in [0.25, 0.3) is 0 Å². The summed E-state index contributed by atoms with van der Waals surface area (Å²) in [7, 11) is 0. The lowest BCUT2D eigenvalue weighted by Gasteiger charge is -2.06. The van der Waals surface area contributed by atoms with E-state index in [1.165, 1.54) is 4.88 Å². The Bertz CT molecular complexity index is 257. The zero-order valence-corrected chi connectivity index (χ0v) is 9.52. The van der Waals surface area contributed by atoms with Gasteiger partial charge in [-0.3, -0.25) is 0 Å². The zero-order chi connectivity index (χ0) is 9.84. The molecule has 1 rings (SSSR count). The number of thiazole rings is 1. The molecule has 2 nitrogen and oxygen atoms in total. The van der Waals surface area contributed by atoms with E-state index < -0.39 is 0 Å². The van der Waals surface area contributed by atoms with Gasteiger partial charge in [0.05, 0.1) is 0 Å². The zero-order valence-electron chi connectivity index (χ0n) is 8.70. The second kappa shape index (κ2) is 4.72. The van der Waals surface area contributed by atoms with Gasteiger partial charge in [-0.2, -0.15) is 0 Å². The predicted molar refractivity (Wildman–Crippen MR) is 56.2 cm³/mol. The van der Waals surface area contributed by atoms with Gasteiger partial charge in [-0.05, 0) is 19.8 Å². The highest BCUT2D eigenvalue weighted by Crippen LogP contribution is 2.27. The van der Waals surface area contributed by atoms with Crippen LogP contribution in [0.4, 0.5) is 0 Å². The smallest absolute Gasteiger partial charge is 0.121 e. The lowest BCUT2D eigenvalue weighted by atomic mass is 10.2. The standard InChI is InChI=1S/C10H17NOS/c1-5-12-8(4)10-11-6-9(13-10)7(2)3/h6-8H,5H2,1-4H3. The van der Waals surface area contributed by atoms with Crippen molar-refractivity contribution in [3.05, 3.63) is 16.1 Å². The van der Waals surface area contributed by atoms with Gasteiger partial charge < -0.3 is 4.74 Å². The first-order chi connectivity index (χ1) is 6.15. The number of hydrogen-bond donors (Lipinski definition) is 0. The van der Waals surface area contributed by atoms with Crippen LogP contribution in [-0.2, 0) is 4.74 Å². The highest BCUT2D eigenvalue weighted by Gasteiger charge is 2.11. The summed E-state index contributed by atoms with van der Waals surface area (Å²) in [4.78, 5) is 5.68. The minimum atomic E-state index is 0.141. The van der Waals surface area contributed by atoms with Crippen LogP contribution >= 0.6 is 11.3 Å². The van der Waals surface area contributed by atoms with Gasteiger partial charge in [-0.1, -0.05) is 13.8 Å². The first-order valence-corrected chi connectivity index (χ1v) is 5.54. The molecular formula is C10H17NOS. The van der Waals surface area contributed by atoms with Crippen molar-refractivity contribution in [2.45, 2.75) is 39.7 Å². The topological polar surface area (TPSA) is 22.1 Å². The Hall–Kier alpha value is -0.410. The van der Waals surface area contributed by atoms with Crippen LogP contribution in [0.2, 0.25) is 0 Å². The van der Waals surface area contributed by atoms with Crippen LogP contribution in [-0.4, -0.2) is 11.6 Å². The second-order valence-corrected chi connectivity index (χ2v) is 4.45. The number of ether oxygens (including phenoxy) is 1. The first-order valence-electron chi connectivity index (χ1n) is 4.72. The molecule has 0 spiro atoms. The molecule has 0 N–H and O–H groups in total. The van der Waals surface area contributed by atoms with Gasteiger partial charge in [0.2, 0.25) is 0 Å². The molecule has 0 aliphatic heterocycles. The molecule has 0 amide bonds. The lowest BCUT2D eigenvalue weighted by Crippen LogP contribution is -1.97. The van der Waals surface area contributed by atoms with Crippen molar-refractivity contribution in [3.63, 3.8) is 0 Å². The molecule has 0 radical (unpaired) electrons. The van der Waals surface area contributed by atoms with E-state index in [9.17, 15) is 0 Å². The van der Waals surface area contributed by atoms with Gasteiger partial charge in [0, 0.05) is 17.7 Å². The maximum atomic E-state index is 5.47. The Morgan fingerprint density at radius 3 is 2.62 bits per heavy atom. The maximum Gasteiger partial charge on any atom is 0.121 e. The van der Waals surface area contributed by atoms with Crippen molar-refractivity contribution in [1.82, 2.24) is 4.98 Å². The molecule has 0 fully saturated rings. The quantitative estimate of drug-likeness (QED) is 0.741. The van der Waals surface area contributed by atoms with Crippen LogP contribution in [0.3, 0.4) is 0 Å². The fraction of sp³-hybridized carbons (Fsp3) is 0.700. The monoisotopic (exact) mass is 199 g/mol. The van der Waals surface area contributed by atoms with E-state index in [1.54, 1.807) is 11.3 Å². The molecule has 0 bridgehead atoms. The fourth-order valence-corrected chi connectivity index (χ4v) is 2.00. The number of aromatic nitrogens is 1. The Morgan fingerprint density at radius 2 is 2.15 bits per heavy atom. The summed E-state index contributed by atoms with van der Waals surface area (Å²) in [5.41, 5.74) is 0. The molecule has 0 saturated heterocycles. The number of hydrogen-bond acceptors (Lipinski definition) is 3. The molecule has 1 aromatic rings. The molecule has 0 aliphatic carbocycles. The van der Waals surface area contributed by atoms with Crippen LogP contribution in [0.25, 0.3) is 0 Å². The summed E-state index contributed by atoms with van der Waals surface area (Å²) >= 11 is 1.75. The summed E-state index contributed by atoms with van der Waals surface area (Å²) in [6.45, 7) is 9.17. The van der Waals surface area contributed by atoms with Crippen molar-refractivity contribution < 1.29 is 4.74 Å². The van der Waals surface area contributed by atoms with Crippen molar-refractivity contribution in [1.29, 1.82) is 0 Å². The van der Waals surface area contributed by atoms with Crippen molar-refractivity contribution >= 4 is 11.3 Å². The Kier molecular flexibility index (Phi) is 3.88. The van der Waals surface area contributed by atoms with Gasteiger partial charge >= 0.3 is 0 Å². The molecule has 13 heavy (non-hydrogen) atoms. The Morgan fingerprint density at radius 1 is 1.46 bits per heavy atom. The van der Waals surface area contributed by atoms with E-state index in [-0.39, 0.29) is 6.10 Å². The number of rotatable bonds is 4. The lowest BCUT2D eigenvalue weighted by molar-refractivity contribution is 0.0762. The van der Waals surface area contributed by atoms with Crippen molar-refractivity contribution in [2.24, 2.45) is 0 Å². The molecule has 0 saturated carbocycles. The molecular weight excluding hydrogens is 182 g/mol. The van der Waals surface area contributed by atoms with E-state index in [2.05, 4.69) is 18.8 Å². The van der Waals surface area contributed by atoms with Gasteiger partial charge in [-0.25, -0.2) is 4.98 Å². The minimum Gasteiger partial charge on any atom is -0.372 e. The third kappa shape index (κ3) is 2.78. The largest absolute Gasteiger partial charge is 0.372 e. The van der Waals surface area contributed by atoms with Crippen LogP contribution < -0.4 is 0 Å². The van der Waals surface area contributed by atoms with Crippen LogP contribution in [0.15, 0.2) is 6.20 Å². The third-order valence-electron chi connectivity index (χ3n) is 1.87. The van der Waals surface area contributed by atoms with E-state index >= 15 is 0 Å². The Labute approximate surface area is 84.0 Å². The molecule has 3 heteroatoms. The molecule has 0 aromatic carbocycles. The molecule has 74 valence electrons. The van der Waals surface area contributed by atoms with E-state index in [0.29, 0.717) is 5.92 Å². The molecule has 1 aromatic heterocycles. The van der Waals surface area contributed by atoms with E-state index in [1.807, 2.05) is 20.0 Å². The van der Waals surface area contributed by atoms with E-state index in [0.717, 1.165) is 11.6 Å². The van der Waals surface area contributed by atoms with Gasteiger partial charge in [0.1, 0.15) is 11.1 Å². The fourth-order valence-electron chi connectivity index (χ4n) is 1.08. The third-order valence-corrected chi connectivity index (χ3v) is 3.33. The summed E-state index contributed by atoms with van der Waals surface area (Å²) in [5.74, 6) is 0.570. The van der Waals surface area contributed by atoms with Crippen LogP contribution in [0.1, 0.15) is 49.6 Å². The van der Waals surface area contributed by atoms with Crippen LogP contribution in [0, 0.1) is 0 Å². The highest BCUT2D eigenvalue weighted by atomic mass is 32.1. The summed E-state index contributed by atoms with van der Waals surface area (Å²) < 4.78 is 5.47. The average Bonchev–Trinajstić information content (AvgIpc) is 2.52. The predicted octanol–water partition coefficient (Wildman–Crippen LogP) is 3.36. The summed E-state index contributed by atoms with van der Waals surface area (Å²) in [5, 5.41) is 1.09. The number of nitrogens with zero attached hydrogens (tertiary/aromatic N) is 1. The van der Waals surface area contributed by atoms with Gasteiger partial charge in [0.15, 0.2) is 0 Å². The van der Waals surface area contributed by atoms with Gasteiger partial charge in [-0.15, -0.1) is 11.3 Å². The molecule has 0 aliphatic rings. The SMILES string of the molecule is CCOC(C)c1ncc(C(C)C)s1. The van der Waals surface area contributed by atoms with E-state index in [4.69, 9.17) is 4.74 Å². The summed E-state index contributed by atoms with van der Waals surface area (Å²) in [6.07, 6.45) is 2.10. The highest BCUT2D eigenvalue weighted by molar-refractivity contribution is 7.11. The van der Waals surface area contributed by atoms with Crippen molar-refractivity contribution in [2.75, 3.05) is 6.61 Å². The molecule has 1 unspecified atom stereocenters. The first kappa shape index (κ1) is 10.7. The maximum absolute atomic E-state index is 5.47. The second-order valence-electron chi connectivity index (χ2n) is 3.35. The summed E-state index contributed by atoms with van der Waals surface area (Å²) in [6, 6.07) is 0. The normalized spacial score (nSPS) is 13.6. The average molecular weight is 199 g/mol.